The van der Waals surface area contributed by atoms with Crippen LogP contribution in [0, 0.1) is 27.7 Å². The van der Waals surface area contributed by atoms with Crippen LogP contribution in [0.4, 0.5) is 5.69 Å². The van der Waals surface area contributed by atoms with E-state index in [9.17, 15) is 9.59 Å². The third kappa shape index (κ3) is 3.56. The summed E-state index contributed by atoms with van der Waals surface area (Å²) in [6, 6.07) is 11.4. The summed E-state index contributed by atoms with van der Waals surface area (Å²) in [5.74, 6) is 0.717. The van der Waals surface area contributed by atoms with E-state index < -0.39 is 5.63 Å². The van der Waals surface area contributed by atoms with Crippen LogP contribution < -0.4 is 10.9 Å². The van der Waals surface area contributed by atoms with Crippen LogP contribution in [-0.4, -0.2) is 5.91 Å². The molecular weight excluding hydrogens is 366 g/mol. The minimum atomic E-state index is -0.405. The Morgan fingerprint density at radius 2 is 1.66 bits per heavy atom. The smallest absolute Gasteiger partial charge is 0.339 e. The lowest BCUT2D eigenvalue weighted by molar-refractivity contribution is -0.116. The van der Waals surface area contributed by atoms with Crippen molar-refractivity contribution < 1.29 is 13.6 Å². The second kappa shape index (κ2) is 7.24. The molecule has 0 aliphatic heterocycles. The van der Waals surface area contributed by atoms with Gasteiger partial charge in [-0.25, -0.2) is 4.79 Å². The molecule has 0 fully saturated rings. The molecule has 0 aliphatic rings. The molecule has 1 amide bonds. The van der Waals surface area contributed by atoms with E-state index in [0.717, 1.165) is 38.9 Å². The highest BCUT2D eigenvalue weighted by atomic mass is 16.4. The lowest BCUT2D eigenvalue weighted by Gasteiger charge is -2.09. The molecule has 2 heterocycles. The maximum absolute atomic E-state index is 12.5. The minimum absolute atomic E-state index is 0.133. The van der Waals surface area contributed by atoms with Crippen LogP contribution >= 0.6 is 0 Å². The number of furan rings is 1. The van der Waals surface area contributed by atoms with Crippen LogP contribution in [0.1, 0.15) is 34.4 Å². The summed E-state index contributed by atoms with van der Waals surface area (Å²) < 4.78 is 11.3. The maximum Gasteiger partial charge on any atom is 0.339 e. The molecule has 0 aliphatic carbocycles. The second-order valence-electron chi connectivity index (χ2n) is 7.54. The third-order valence-electron chi connectivity index (χ3n) is 5.49. The van der Waals surface area contributed by atoms with Gasteiger partial charge in [0.2, 0.25) is 5.91 Å². The Balaban J connectivity index is 1.63. The average molecular weight is 389 g/mol. The van der Waals surface area contributed by atoms with Crippen molar-refractivity contribution in [3.63, 3.8) is 0 Å². The van der Waals surface area contributed by atoms with Crippen molar-refractivity contribution in [1.29, 1.82) is 0 Å². The van der Waals surface area contributed by atoms with Gasteiger partial charge in [0.05, 0.1) is 0 Å². The van der Waals surface area contributed by atoms with Gasteiger partial charge in [-0.1, -0.05) is 12.1 Å². The van der Waals surface area contributed by atoms with Gasteiger partial charge in [-0.2, -0.15) is 0 Å². The van der Waals surface area contributed by atoms with Crippen LogP contribution in [0.15, 0.2) is 50.0 Å². The van der Waals surface area contributed by atoms with E-state index in [1.54, 1.807) is 6.07 Å². The van der Waals surface area contributed by atoms with Crippen molar-refractivity contribution in [2.24, 2.45) is 0 Å². The number of carbonyl (C=O) groups is 1. The van der Waals surface area contributed by atoms with Gasteiger partial charge in [0.1, 0.15) is 16.9 Å². The second-order valence-corrected chi connectivity index (χ2v) is 7.54. The first-order valence-corrected chi connectivity index (χ1v) is 9.66. The Morgan fingerprint density at radius 1 is 0.931 bits per heavy atom. The Kier molecular flexibility index (Phi) is 4.74. The number of aryl methyl sites for hydroxylation is 4. The zero-order chi connectivity index (χ0) is 20.7. The Labute approximate surface area is 168 Å². The quantitative estimate of drug-likeness (QED) is 0.478. The molecule has 5 nitrogen and oxygen atoms in total. The molecule has 0 saturated carbocycles. The molecule has 0 spiro atoms. The number of rotatable bonds is 4. The van der Waals surface area contributed by atoms with Crippen molar-refractivity contribution in [3.8, 4) is 0 Å². The van der Waals surface area contributed by atoms with E-state index in [1.165, 1.54) is 0 Å². The molecule has 0 saturated heterocycles. The van der Waals surface area contributed by atoms with Gasteiger partial charge in [0.15, 0.2) is 0 Å². The Bertz CT molecular complexity index is 1310. The highest BCUT2D eigenvalue weighted by Gasteiger charge is 2.16. The molecule has 148 valence electrons. The largest absolute Gasteiger partial charge is 0.461 e. The van der Waals surface area contributed by atoms with Gasteiger partial charge >= 0.3 is 5.63 Å². The Hall–Kier alpha value is -3.34. The lowest BCUT2D eigenvalue weighted by Crippen LogP contribution is -2.16. The molecule has 4 aromatic rings. The molecular formula is C24H23NO4. The van der Waals surface area contributed by atoms with E-state index in [-0.39, 0.29) is 12.3 Å². The van der Waals surface area contributed by atoms with Crippen molar-refractivity contribution in [2.75, 3.05) is 5.32 Å². The van der Waals surface area contributed by atoms with E-state index in [1.807, 2.05) is 58.0 Å². The molecule has 0 radical (unpaired) electrons. The number of hydrogen-bond donors (Lipinski definition) is 1. The van der Waals surface area contributed by atoms with Crippen molar-refractivity contribution >= 4 is 33.5 Å². The van der Waals surface area contributed by atoms with E-state index in [4.69, 9.17) is 8.83 Å². The molecule has 2 aromatic carbocycles. The summed E-state index contributed by atoms with van der Waals surface area (Å²) in [6.07, 6.45) is 0.528. The number of nitrogens with one attached hydrogen (secondary N) is 1. The molecule has 0 unspecified atom stereocenters. The summed E-state index contributed by atoms with van der Waals surface area (Å²) >= 11 is 0. The summed E-state index contributed by atoms with van der Waals surface area (Å²) in [7, 11) is 0. The molecule has 29 heavy (non-hydrogen) atoms. The fraction of sp³-hybridized carbons (Fsp3) is 0.250. The van der Waals surface area contributed by atoms with E-state index in [2.05, 4.69) is 5.32 Å². The first kappa shape index (κ1) is 19.0. The van der Waals surface area contributed by atoms with Crippen LogP contribution in [-0.2, 0) is 11.2 Å². The Morgan fingerprint density at radius 3 is 2.41 bits per heavy atom. The summed E-state index contributed by atoms with van der Waals surface area (Å²) in [5, 5.41) is 4.76. The normalized spacial score (nSPS) is 11.3. The molecule has 4 rings (SSSR count). The average Bonchev–Trinajstić information content (AvgIpc) is 2.93. The first-order chi connectivity index (χ1) is 13.8. The number of hydrogen-bond acceptors (Lipinski definition) is 4. The van der Waals surface area contributed by atoms with E-state index in [0.29, 0.717) is 23.2 Å². The van der Waals surface area contributed by atoms with Gasteiger partial charge in [0.25, 0.3) is 0 Å². The fourth-order valence-electron chi connectivity index (χ4n) is 3.70. The molecule has 5 heteroatoms. The number of carbonyl (C=O) groups excluding carboxylic acids is 1. The summed E-state index contributed by atoms with van der Waals surface area (Å²) in [6.45, 7) is 7.81. The SMILES string of the molecule is Cc1cccc(NC(=O)CCc2c(C)c3cc4c(C)c(C)oc4cc3oc2=O)c1. The van der Waals surface area contributed by atoms with Crippen LogP contribution in [0.25, 0.3) is 21.9 Å². The van der Waals surface area contributed by atoms with Gasteiger partial charge in [0, 0.05) is 34.5 Å². The highest BCUT2D eigenvalue weighted by Crippen LogP contribution is 2.31. The van der Waals surface area contributed by atoms with Gasteiger partial charge in [-0.3, -0.25) is 4.79 Å². The minimum Gasteiger partial charge on any atom is -0.461 e. The summed E-state index contributed by atoms with van der Waals surface area (Å²) in [4.78, 5) is 24.9. The van der Waals surface area contributed by atoms with E-state index >= 15 is 0 Å². The molecule has 2 aromatic heterocycles. The molecule has 1 N–H and O–H groups in total. The zero-order valence-electron chi connectivity index (χ0n) is 17.0. The monoisotopic (exact) mass is 389 g/mol. The predicted molar refractivity (Wildman–Crippen MR) is 115 cm³/mol. The number of benzene rings is 2. The number of amides is 1. The molecule has 0 atom stereocenters. The lowest BCUT2D eigenvalue weighted by atomic mass is 10.0. The first-order valence-electron chi connectivity index (χ1n) is 9.66. The predicted octanol–water partition coefficient (Wildman–Crippen LogP) is 5.34. The van der Waals surface area contributed by atoms with Gasteiger partial charge in [-0.05, 0) is 69.0 Å². The van der Waals surface area contributed by atoms with Crippen LogP contribution in [0.3, 0.4) is 0 Å². The van der Waals surface area contributed by atoms with Crippen molar-refractivity contribution in [3.05, 3.63) is 74.8 Å². The standard InChI is InChI=1S/C24H23NO4/c1-13-6-5-7-17(10-13)25-23(26)9-8-18-15(3)20-11-19-14(2)16(4)28-21(19)12-22(20)29-24(18)27/h5-7,10-12H,8-9H2,1-4H3,(H,25,26). The zero-order valence-corrected chi connectivity index (χ0v) is 17.0. The van der Waals surface area contributed by atoms with Gasteiger partial charge < -0.3 is 14.2 Å². The summed E-state index contributed by atoms with van der Waals surface area (Å²) in [5.41, 5.74) is 5.09. The van der Waals surface area contributed by atoms with Crippen LogP contribution in [0.5, 0.6) is 0 Å². The van der Waals surface area contributed by atoms with Crippen molar-refractivity contribution in [1.82, 2.24) is 0 Å². The maximum atomic E-state index is 12.5. The highest BCUT2D eigenvalue weighted by molar-refractivity contribution is 5.97. The number of fused-ring (bicyclic) bond motifs is 2. The fourth-order valence-corrected chi connectivity index (χ4v) is 3.70. The van der Waals surface area contributed by atoms with Crippen molar-refractivity contribution in [2.45, 2.75) is 40.5 Å². The third-order valence-corrected chi connectivity index (χ3v) is 5.49. The number of anilines is 1. The van der Waals surface area contributed by atoms with Gasteiger partial charge in [-0.15, -0.1) is 0 Å². The topological polar surface area (TPSA) is 72.5 Å². The molecule has 0 bridgehead atoms. The van der Waals surface area contributed by atoms with Crippen LogP contribution in [0.2, 0.25) is 0 Å².